The molecule has 0 aliphatic heterocycles. The lowest BCUT2D eigenvalue weighted by atomic mass is 10.4. The second-order valence-corrected chi connectivity index (χ2v) is 4.53. The fourth-order valence-corrected chi connectivity index (χ4v) is 1.81. The molecule has 0 aliphatic rings. The number of rotatable bonds is 12. The SMILES string of the molecule is C=CCO[Si]CCC(OCCC)OCCC. The highest BCUT2D eigenvalue weighted by Crippen LogP contribution is 2.06. The Labute approximate surface area is 102 Å². The van der Waals surface area contributed by atoms with E-state index in [2.05, 4.69) is 20.4 Å². The van der Waals surface area contributed by atoms with Crippen molar-refractivity contribution in [1.29, 1.82) is 0 Å². The summed E-state index contributed by atoms with van der Waals surface area (Å²) in [4.78, 5) is 0. The van der Waals surface area contributed by atoms with Crippen LogP contribution in [-0.2, 0) is 13.9 Å². The van der Waals surface area contributed by atoms with Gasteiger partial charge in [-0.05, 0) is 25.3 Å². The molecule has 0 unspecified atom stereocenters. The predicted octanol–water partition coefficient (Wildman–Crippen LogP) is 2.80. The van der Waals surface area contributed by atoms with E-state index in [1.807, 2.05) is 0 Å². The molecule has 0 saturated carbocycles. The van der Waals surface area contributed by atoms with E-state index in [4.69, 9.17) is 13.9 Å². The van der Waals surface area contributed by atoms with E-state index < -0.39 is 0 Å². The van der Waals surface area contributed by atoms with Crippen molar-refractivity contribution in [2.45, 2.75) is 45.4 Å². The summed E-state index contributed by atoms with van der Waals surface area (Å²) in [5.41, 5.74) is 0. The van der Waals surface area contributed by atoms with Crippen LogP contribution >= 0.6 is 0 Å². The van der Waals surface area contributed by atoms with Crippen molar-refractivity contribution < 1.29 is 13.9 Å². The highest BCUT2D eigenvalue weighted by Gasteiger charge is 2.08. The van der Waals surface area contributed by atoms with Crippen LogP contribution in [-0.4, -0.2) is 35.9 Å². The molecule has 3 nitrogen and oxygen atoms in total. The lowest BCUT2D eigenvalue weighted by Gasteiger charge is -2.17. The van der Waals surface area contributed by atoms with Gasteiger partial charge in [0.25, 0.3) is 0 Å². The first-order valence-electron chi connectivity index (χ1n) is 6.03. The Balaban J connectivity index is 3.51. The van der Waals surface area contributed by atoms with Gasteiger partial charge in [-0.2, -0.15) is 0 Å². The van der Waals surface area contributed by atoms with E-state index in [1.165, 1.54) is 0 Å². The summed E-state index contributed by atoms with van der Waals surface area (Å²) in [6.45, 7) is 9.98. The van der Waals surface area contributed by atoms with Gasteiger partial charge < -0.3 is 13.9 Å². The minimum atomic E-state index is -0.0558. The summed E-state index contributed by atoms with van der Waals surface area (Å²) in [6, 6.07) is 0.992. The quantitative estimate of drug-likeness (QED) is 0.229. The van der Waals surface area contributed by atoms with Gasteiger partial charge >= 0.3 is 0 Å². The van der Waals surface area contributed by atoms with Gasteiger partial charge in [-0.3, -0.25) is 0 Å². The molecule has 94 valence electrons. The maximum atomic E-state index is 5.61. The molecule has 0 atom stereocenters. The van der Waals surface area contributed by atoms with Crippen molar-refractivity contribution in [3.05, 3.63) is 12.7 Å². The molecule has 0 rings (SSSR count). The van der Waals surface area contributed by atoms with Gasteiger partial charge in [-0.15, -0.1) is 6.58 Å². The van der Waals surface area contributed by atoms with E-state index in [9.17, 15) is 0 Å². The van der Waals surface area contributed by atoms with Crippen LogP contribution in [0.25, 0.3) is 0 Å². The van der Waals surface area contributed by atoms with Crippen LogP contribution in [0.5, 0.6) is 0 Å². The summed E-state index contributed by atoms with van der Waals surface area (Å²) in [5, 5.41) is 0. The van der Waals surface area contributed by atoms with Gasteiger partial charge in [-0.1, -0.05) is 19.9 Å². The summed E-state index contributed by atoms with van der Waals surface area (Å²) >= 11 is 0. The molecule has 0 spiro atoms. The second kappa shape index (κ2) is 12.9. The fraction of sp³-hybridized carbons (Fsp3) is 0.833. The van der Waals surface area contributed by atoms with Crippen LogP contribution in [0.4, 0.5) is 0 Å². The first kappa shape index (κ1) is 15.8. The van der Waals surface area contributed by atoms with E-state index in [-0.39, 0.29) is 6.29 Å². The Kier molecular flexibility index (Phi) is 12.8. The highest BCUT2D eigenvalue weighted by atomic mass is 28.2. The molecule has 0 aromatic carbocycles. The van der Waals surface area contributed by atoms with Gasteiger partial charge in [-0.25, -0.2) is 0 Å². The average molecular weight is 244 g/mol. The van der Waals surface area contributed by atoms with Crippen LogP contribution in [0.15, 0.2) is 12.7 Å². The van der Waals surface area contributed by atoms with Crippen molar-refractivity contribution in [3.8, 4) is 0 Å². The summed E-state index contributed by atoms with van der Waals surface area (Å²) in [7, 11) is 0.511. The van der Waals surface area contributed by atoms with Crippen molar-refractivity contribution in [3.63, 3.8) is 0 Å². The Morgan fingerprint density at radius 3 is 2.31 bits per heavy atom. The molecule has 0 aromatic rings. The predicted molar refractivity (Wildman–Crippen MR) is 67.6 cm³/mol. The van der Waals surface area contributed by atoms with Crippen LogP contribution in [0.2, 0.25) is 6.04 Å². The molecule has 0 fully saturated rings. The molecular weight excluding hydrogens is 220 g/mol. The molecule has 16 heavy (non-hydrogen) atoms. The third kappa shape index (κ3) is 10.4. The molecule has 0 N–H and O–H groups in total. The lowest BCUT2D eigenvalue weighted by Crippen LogP contribution is -2.19. The van der Waals surface area contributed by atoms with E-state index in [0.29, 0.717) is 16.4 Å². The van der Waals surface area contributed by atoms with Crippen LogP contribution in [0.1, 0.15) is 33.1 Å². The van der Waals surface area contributed by atoms with Gasteiger partial charge in [0.05, 0.1) is 6.61 Å². The van der Waals surface area contributed by atoms with Crippen molar-refractivity contribution >= 4 is 9.76 Å². The summed E-state index contributed by atoms with van der Waals surface area (Å²) in [6.07, 6.45) is 4.68. The first-order chi connectivity index (χ1) is 7.85. The zero-order chi connectivity index (χ0) is 12.1. The van der Waals surface area contributed by atoms with Crippen LogP contribution in [0.3, 0.4) is 0 Å². The van der Waals surface area contributed by atoms with Gasteiger partial charge in [0.1, 0.15) is 0 Å². The number of hydrogen-bond acceptors (Lipinski definition) is 3. The standard InChI is InChI=1S/C12H24O3Si/c1-4-8-13-12(14-9-5-2)7-11-16-15-10-6-3/h6,12H,3-5,7-11H2,1-2H3. The summed E-state index contributed by atoms with van der Waals surface area (Å²) in [5.74, 6) is 0. The van der Waals surface area contributed by atoms with E-state index >= 15 is 0 Å². The molecule has 0 saturated heterocycles. The van der Waals surface area contributed by atoms with Gasteiger partial charge in [0.2, 0.25) is 9.76 Å². The highest BCUT2D eigenvalue weighted by molar-refractivity contribution is 6.27. The maximum absolute atomic E-state index is 5.61. The zero-order valence-electron chi connectivity index (χ0n) is 10.5. The maximum Gasteiger partial charge on any atom is 0.230 e. The number of ether oxygens (including phenoxy) is 2. The van der Waals surface area contributed by atoms with Crippen LogP contribution in [0, 0.1) is 0 Å². The molecule has 0 aliphatic carbocycles. The molecule has 4 heteroatoms. The molecule has 2 radical (unpaired) electrons. The molecule has 0 amide bonds. The Hall–Kier alpha value is -0.163. The van der Waals surface area contributed by atoms with Crippen molar-refractivity contribution in [1.82, 2.24) is 0 Å². The first-order valence-corrected chi connectivity index (χ1v) is 7.15. The Morgan fingerprint density at radius 1 is 1.19 bits per heavy atom. The molecule has 0 heterocycles. The minimum Gasteiger partial charge on any atom is -0.414 e. The monoisotopic (exact) mass is 244 g/mol. The van der Waals surface area contributed by atoms with Crippen molar-refractivity contribution in [2.75, 3.05) is 19.8 Å². The fourth-order valence-electron chi connectivity index (χ4n) is 1.08. The second-order valence-electron chi connectivity index (χ2n) is 3.45. The third-order valence-corrected chi connectivity index (χ3v) is 2.66. The smallest absolute Gasteiger partial charge is 0.230 e. The van der Waals surface area contributed by atoms with Gasteiger partial charge in [0.15, 0.2) is 6.29 Å². The Morgan fingerprint density at radius 2 is 1.81 bits per heavy atom. The molecular formula is C12H24O3Si. The minimum absolute atomic E-state index is 0.0558. The summed E-state index contributed by atoms with van der Waals surface area (Å²) < 4.78 is 16.6. The lowest BCUT2D eigenvalue weighted by molar-refractivity contribution is -0.143. The van der Waals surface area contributed by atoms with Crippen molar-refractivity contribution in [2.24, 2.45) is 0 Å². The topological polar surface area (TPSA) is 27.7 Å². The van der Waals surface area contributed by atoms with E-state index in [0.717, 1.165) is 38.5 Å². The van der Waals surface area contributed by atoms with Gasteiger partial charge in [0, 0.05) is 13.2 Å². The third-order valence-electron chi connectivity index (χ3n) is 1.80. The molecule has 0 bridgehead atoms. The Bertz CT molecular complexity index is 145. The normalized spacial score (nSPS) is 10.9. The largest absolute Gasteiger partial charge is 0.414 e. The molecule has 0 aromatic heterocycles. The van der Waals surface area contributed by atoms with E-state index in [1.54, 1.807) is 6.08 Å². The van der Waals surface area contributed by atoms with Crippen LogP contribution < -0.4 is 0 Å². The number of hydrogen-bond donors (Lipinski definition) is 0. The average Bonchev–Trinajstić information content (AvgIpc) is 2.31. The zero-order valence-corrected chi connectivity index (χ0v) is 11.5.